The SMILES string of the molecule is Cc1cc(F)c(S(=O)(=O)N(OC(=O)C(F)(F)F)[C@H]2CC[C@H](CC#N)OC2)cc1-c1cnc2c(N)nc(C(F)(F)F)cn12. The fraction of sp³-hybridized carbons (Fsp3) is 0.391. The molecule has 0 bridgehead atoms. The minimum atomic E-state index is -5.63. The number of fused-ring (bicyclic) bond motifs is 1. The molecule has 0 spiro atoms. The maximum absolute atomic E-state index is 15.2. The van der Waals surface area contributed by atoms with Crippen LogP contribution >= 0.6 is 0 Å². The summed E-state index contributed by atoms with van der Waals surface area (Å²) in [4.78, 5) is 21.8. The molecule has 42 heavy (non-hydrogen) atoms. The number of anilines is 1. The molecule has 0 saturated carbocycles. The first kappa shape index (κ1) is 30.9. The van der Waals surface area contributed by atoms with Gasteiger partial charge in [-0.25, -0.2) is 27.6 Å². The molecular formula is C23H19F7N6O5S. The molecule has 4 rings (SSSR count). The minimum absolute atomic E-state index is 0.00336. The van der Waals surface area contributed by atoms with Crippen LogP contribution in [0.1, 0.15) is 30.5 Å². The number of hydrogen-bond donors (Lipinski definition) is 1. The lowest BCUT2D eigenvalue weighted by Crippen LogP contribution is -2.49. The van der Waals surface area contributed by atoms with E-state index >= 15 is 4.39 Å². The number of rotatable bonds is 6. The number of alkyl halides is 6. The molecule has 0 unspecified atom stereocenters. The second-order valence-electron chi connectivity index (χ2n) is 9.13. The Morgan fingerprint density at radius 3 is 2.52 bits per heavy atom. The van der Waals surface area contributed by atoms with Gasteiger partial charge in [0, 0.05) is 11.8 Å². The molecule has 2 N–H and O–H groups in total. The predicted octanol–water partition coefficient (Wildman–Crippen LogP) is 3.92. The molecular weight excluding hydrogens is 605 g/mol. The van der Waals surface area contributed by atoms with E-state index in [2.05, 4.69) is 14.8 Å². The summed E-state index contributed by atoms with van der Waals surface area (Å²) in [6.07, 6.45) is -10.0. The summed E-state index contributed by atoms with van der Waals surface area (Å²) >= 11 is 0. The number of carbonyl (C=O) groups is 1. The van der Waals surface area contributed by atoms with Gasteiger partial charge in [-0.2, -0.15) is 31.6 Å². The van der Waals surface area contributed by atoms with Gasteiger partial charge in [0.15, 0.2) is 17.2 Å². The molecule has 2 aromatic heterocycles. The van der Waals surface area contributed by atoms with Crippen molar-refractivity contribution in [3.8, 4) is 17.3 Å². The molecule has 1 aliphatic rings. The fourth-order valence-corrected chi connectivity index (χ4v) is 5.74. The summed E-state index contributed by atoms with van der Waals surface area (Å²) in [5, 5.41) is 8.83. The number of imidazole rings is 1. The fourth-order valence-electron chi connectivity index (χ4n) is 4.25. The summed E-state index contributed by atoms with van der Waals surface area (Å²) < 4.78 is 128. The van der Waals surface area contributed by atoms with Gasteiger partial charge >= 0.3 is 18.3 Å². The van der Waals surface area contributed by atoms with Crippen LogP contribution in [0.25, 0.3) is 16.9 Å². The normalized spacial score (nSPS) is 18.3. The average molecular weight is 624 g/mol. The van der Waals surface area contributed by atoms with Crippen LogP contribution in [0.5, 0.6) is 0 Å². The van der Waals surface area contributed by atoms with Crippen molar-refractivity contribution in [3.05, 3.63) is 41.6 Å². The van der Waals surface area contributed by atoms with Crippen molar-refractivity contribution in [1.82, 2.24) is 18.8 Å². The summed E-state index contributed by atoms with van der Waals surface area (Å²) in [6, 6.07) is 1.62. The lowest BCUT2D eigenvalue weighted by molar-refractivity contribution is -0.231. The monoisotopic (exact) mass is 624 g/mol. The van der Waals surface area contributed by atoms with Crippen molar-refractivity contribution >= 4 is 27.5 Å². The Labute approximate surface area is 232 Å². The third-order valence-electron chi connectivity index (χ3n) is 6.25. The van der Waals surface area contributed by atoms with Gasteiger partial charge in [0.05, 0.1) is 43.1 Å². The second-order valence-corrected chi connectivity index (χ2v) is 10.9. The Bertz CT molecular complexity index is 1680. The summed E-state index contributed by atoms with van der Waals surface area (Å²) in [7, 11) is -5.42. The van der Waals surface area contributed by atoms with E-state index in [1.807, 2.05) is 6.07 Å². The number of nitrogens with two attached hydrogens (primary N) is 1. The van der Waals surface area contributed by atoms with E-state index in [-0.39, 0.29) is 46.2 Å². The molecule has 1 saturated heterocycles. The van der Waals surface area contributed by atoms with E-state index in [1.54, 1.807) is 0 Å². The summed E-state index contributed by atoms with van der Waals surface area (Å²) in [6.45, 7) is 0.686. The molecule has 19 heteroatoms. The third kappa shape index (κ3) is 5.96. The van der Waals surface area contributed by atoms with Gasteiger partial charge in [0.2, 0.25) is 0 Å². The van der Waals surface area contributed by atoms with Crippen LogP contribution in [0.4, 0.5) is 36.6 Å². The Hall–Kier alpha value is -4.02. The molecule has 1 aliphatic heterocycles. The lowest BCUT2D eigenvalue weighted by atomic mass is 10.0. The largest absolute Gasteiger partial charge is 0.492 e. The van der Waals surface area contributed by atoms with Crippen LogP contribution in [0.2, 0.25) is 0 Å². The molecule has 0 aliphatic carbocycles. The Balaban J connectivity index is 1.84. The van der Waals surface area contributed by atoms with Gasteiger partial charge in [-0.15, -0.1) is 0 Å². The number of sulfonamides is 1. The highest BCUT2D eigenvalue weighted by Crippen LogP contribution is 2.35. The van der Waals surface area contributed by atoms with Crippen molar-refractivity contribution in [2.45, 2.75) is 55.6 Å². The summed E-state index contributed by atoms with van der Waals surface area (Å²) in [5.74, 6) is -5.00. The number of halogens is 7. The van der Waals surface area contributed by atoms with Crippen LogP contribution in [0.15, 0.2) is 29.4 Å². The van der Waals surface area contributed by atoms with Crippen molar-refractivity contribution in [2.24, 2.45) is 0 Å². The highest BCUT2D eigenvalue weighted by atomic mass is 32.2. The highest BCUT2D eigenvalue weighted by molar-refractivity contribution is 7.89. The number of nitrogens with zero attached hydrogens (tertiary/aromatic N) is 5. The Morgan fingerprint density at radius 1 is 1.26 bits per heavy atom. The van der Waals surface area contributed by atoms with Crippen molar-refractivity contribution in [2.75, 3.05) is 12.3 Å². The van der Waals surface area contributed by atoms with E-state index in [9.17, 15) is 39.6 Å². The molecule has 0 radical (unpaired) electrons. The van der Waals surface area contributed by atoms with E-state index in [4.69, 9.17) is 15.7 Å². The zero-order valence-corrected chi connectivity index (χ0v) is 22.0. The third-order valence-corrected chi connectivity index (χ3v) is 7.96. The van der Waals surface area contributed by atoms with Gasteiger partial charge in [-0.05, 0) is 41.9 Å². The van der Waals surface area contributed by atoms with Crippen molar-refractivity contribution < 1.29 is 53.5 Å². The van der Waals surface area contributed by atoms with Crippen LogP contribution < -0.4 is 5.73 Å². The first-order valence-electron chi connectivity index (χ1n) is 11.8. The number of aromatic nitrogens is 3. The molecule has 2 atom stereocenters. The van der Waals surface area contributed by atoms with Gasteiger partial charge in [0.25, 0.3) is 10.0 Å². The van der Waals surface area contributed by atoms with E-state index < -0.39 is 69.3 Å². The first-order chi connectivity index (χ1) is 19.4. The standard InChI is InChI=1S/C23H19F7N6O5S/c1-11-6-15(24)17(7-14(11)16-8-33-20-19(32)34-18(9-35(16)20)22(25,26)27)42(38,39)36(41-21(37)23(28,29)30)12-2-3-13(4-5-31)40-10-12/h6-9,12-13H,2-4,10H2,1H3,(H2,32,34)/t12-,13+/m0/s1. The van der Waals surface area contributed by atoms with Gasteiger partial charge in [0.1, 0.15) is 10.7 Å². The molecule has 1 fully saturated rings. The number of hydrogen-bond acceptors (Lipinski definition) is 9. The number of aryl methyl sites for hydroxylation is 1. The molecule has 0 amide bonds. The van der Waals surface area contributed by atoms with Gasteiger partial charge in [-0.3, -0.25) is 4.40 Å². The van der Waals surface area contributed by atoms with Crippen LogP contribution in [-0.4, -0.2) is 58.2 Å². The predicted molar refractivity (Wildman–Crippen MR) is 127 cm³/mol. The highest BCUT2D eigenvalue weighted by Gasteiger charge is 2.47. The number of nitriles is 1. The Morgan fingerprint density at radius 2 is 1.95 bits per heavy atom. The Kier molecular flexibility index (Phi) is 8.10. The first-order valence-corrected chi connectivity index (χ1v) is 13.2. The topological polar surface area (TPSA) is 153 Å². The quantitative estimate of drug-likeness (QED) is 0.318. The second kappa shape index (κ2) is 11.0. The lowest BCUT2D eigenvalue weighted by Gasteiger charge is -2.34. The molecule has 226 valence electrons. The average Bonchev–Trinajstić information content (AvgIpc) is 3.31. The number of nitrogen functional groups attached to an aromatic ring is 1. The van der Waals surface area contributed by atoms with Gasteiger partial charge in [-0.1, -0.05) is 0 Å². The minimum Gasteiger partial charge on any atom is -0.381 e. The smallest absolute Gasteiger partial charge is 0.381 e. The maximum Gasteiger partial charge on any atom is 0.492 e. The van der Waals surface area contributed by atoms with E-state index in [1.165, 1.54) is 6.92 Å². The van der Waals surface area contributed by atoms with Crippen LogP contribution in [-0.2, 0) is 30.6 Å². The van der Waals surface area contributed by atoms with Crippen molar-refractivity contribution in [3.63, 3.8) is 0 Å². The molecule has 3 aromatic rings. The van der Waals surface area contributed by atoms with Crippen LogP contribution in [0, 0.1) is 24.1 Å². The number of carbonyl (C=O) groups excluding carboxylic acids is 1. The van der Waals surface area contributed by atoms with Gasteiger partial charge < -0.3 is 15.3 Å². The maximum atomic E-state index is 15.2. The number of ether oxygens (including phenoxy) is 1. The number of hydroxylamine groups is 1. The molecule has 3 heterocycles. The van der Waals surface area contributed by atoms with Crippen molar-refractivity contribution in [1.29, 1.82) is 5.26 Å². The summed E-state index contributed by atoms with van der Waals surface area (Å²) in [5.41, 5.74) is 3.54. The van der Waals surface area contributed by atoms with E-state index in [0.717, 1.165) is 10.6 Å². The number of benzene rings is 1. The van der Waals surface area contributed by atoms with E-state index in [0.29, 0.717) is 18.3 Å². The van der Waals surface area contributed by atoms with Crippen LogP contribution in [0.3, 0.4) is 0 Å². The molecule has 11 nitrogen and oxygen atoms in total. The molecule has 1 aromatic carbocycles. The zero-order valence-electron chi connectivity index (χ0n) is 21.2. The zero-order chi connectivity index (χ0) is 31.2.